The van der Waals surface area contributed by atoms with Gasteiger partial charge in [-0.25, -0.2) is 4.98 Å². The highest BCUT2D eigenvalue weighted by atomic mass is 32.2. The molecule has 3 aromatic rings. The molecule has 33 heavy (non-hydrogen) atoms. The summed E-state index contributed by atoms with van der Waals surface area (Å²) in [5.41, 5.74) is 2.35. The maximum absolute atomic E-state index is 13.1. The number of H-pyrrole nitrogens is 1. The number of hydrogen-bond acceptors (Lipinski definition) is 7. The summed E-state index contributed by atoms with van der Waals surface area (Å²) in [6.45, 7) is 6.63. The predicted molar refractivity (Wildman–Crippen MR) is 130 cm³/mol. The molecule has 9 nitrogen and oxygen atoms in total. The first-order valence-electron chi connectivity index (χ1n) is 10.6. The summed E-state index contributed by atoms with van der Waals surface area (Å²) in [6.07, 6.45) is 0.831. The molecule has 178 valence electrons. The Hall–Kier alpha value is -3.14. The van der Waals surface area contributed by atoms with E-state index < -0.39 is 0 Å². The molecule has 0 aliphatic carbocycles. The standard InChI is InChI=1S/C23H30N4O5S/c1-13(2)7-8-27-22(29)20-16(9-14(3)24-20)26-23(27)33-12-19(28)25-15-10-17(30-4)21(32-6)18(11-15)31-5/h9-11,13,24H,7-8,12H2,1-6H3,(H,25,28). The van der Waals surface area contributed by atoms with Gasteiger partial charge in [0.25, 0.3) is 5.56 Å². The molecule has 0 fully saturated rings. The zero-order valence-corrected chi connectivity index (χ0v) is 20.6. The van der Waals surface area contributed by atoms with Gasteiger partial charge in [0.05, 0.1) is 32.6 Å². The van der Waals surface area contributed by atoms with Crippen molar-refractivity contribution in [3.63, 3.8) is 0 Å². The van der Waals surface area contributed by atoms with Crippen molar-refractivity contribution in [2.24, 2.45) is 5.92 Å². The van der Waals surface area contributed by atoms with Crippen LogP contribution >= 0.6 is 11.8 Å². The van der Waals surface area contributed by atoms with Crippen molar-refractivity contribution >= 4 is 34.4 Å². The highest BCUT2D eigenvalue weighted by molar-refractivity contribution is 7.99. The van der Waals surface area contributed by atoms with Gasteiger partial charge in [-0.2, -0.15) is 0 Å². The van der Waals surface area contributed by atoms with Crippen LogP contribution in [0.2, 0.25) is 0 Å². The van der Waals surface area contributed by atoms with Crippen molar-refractivity contribution in [1.29, 1.82) is 0 Å². The highest BCUT2D eigenvalue weighted by Gasteiger charge is 2.17. The molecule has 0 aliphatic rings. The quantitative estimate of drug-likeness (QED) is 0.340. The van der Waals surface area contributed by atoms with E-state index in [0.717, 1.165) is 12.1 Å². The smallest absolute Gasteiger partial charge is 0.278 e. The lowest BCUT2D eigenvalue weighted by Crippen LogP contribution is -2.25. The lowest BCUT2D eigenvalue weighted by Gasteiger charge is -2.15. The van der Waals surface area contributed by atoms with Gasteiger partial charge in [-0.1, -0.05) is 25.6 Å². The number of hydrogen-bond donors (Lipinski definition) is 2. The summed E-state index contributed by atoms with van der Waals surface area (Å²) >= 11 is 1.23. The lowest BCUT2D eigenvalue weighted by atomic mass is 10.1. The molecule has 0 atom stereocenters. The van der Waals surface area contributed by atoms with E-state index in [2.05, 4.69) is 29.1 Å². The number of ether oxygens (including phenoxy) is 3. The van der Waals surface area contributed by atoms with Crippen molar-refractivity contribution in [2.45, 2.75) is 38.9 Å². The second kappa shape index (κ2) is 10.7. The molecule has 0 bridgehead atoms. The normalized spacial score (nSPS) is 11.1. The zero-order chi connectivity index (χ0) is 24.1. The zero-order valence-electron chi connectivity index (χ0n) is 19.8. The van der Waals surface area contributed by atoms with Crippen LogP contribution in [0, 0.1) is 12.8 Å². The van der Waals surface area contributed by atoms with Gasteiger partial charge in [-0.15, -0.1) is 0 Å². The second-order valence-corrected chi connectivity index (χ2v) is 8.94. The van der Waals surface area contributed by atoms with Gasteiger partial charge in [0.2, 0.25) is 11.7 Å². The number of aryl methyl sites for hydroxylation is 1. The average Bonchev–Trinajstić information content (AvgIpc) is 3.16. The average molecular weight is 475 g/mol. The van der Waals surface area contributed by atoms with Crippen LogP contribution in [0.3, 0.4) is 0 Å². The minimum absolute atomic E-state index is 0.0830. The molecule has 0 saturated carbocycles. The van der Waals surface area contributed by atoms with Crippen LogP contribution in [0.25, 0.3) is 11.0 Å². The van der Waals surface area contributed by atoms with Crippen LogP contribution in [0.4, 0.5) is 5.69 Å². The van der Waals surface area contributed by atoms with E-state index in [0.29, 0.717) is 51.6 Å². The summed E-state index contributed by atoms with van der Waals surface area (Å²) in [4.78, 5) is 33.5. The summed E-state index contributed by atoms with van der Waals surface area (Å²) in [7, 11) is 4.54. The van der Waals surface area contributed by atoms with Gasteiger partial charge >= 0.3 is 0 Å². The first-order chi connectivity index (χ1) is 15.8. The van der Waals surface area contributed by atoms with E-state index in [-0.39, 0.29) is 17.2 Å². The van der Waals surface area contributed by atoms with Crippen LogP contribution in [-0.4, -0.2) is 47.5 Å². The number of thioether (sulfide) groups is 1. The number of carbonyl (C=O) groups excluding carboxylic acids is 1. The van der Waals surface area contributed by atoms with Gasteiger partial charge in [-0.3, -0.25) is 14.2 Å². The van der Waals surface area contributed by atoms with Crippen molar-refractivity contribution in [2.75, 3.05) is 32.4 Å². The van der Waals surface area contributed by atoms with E-state index in [1.165, 1.54) is 33.1 Å². The van der Waals surface area contributed by atoms with Crippen LogP contribution in [0.1, 0.15) is 26.0 Å². The lowest BCUT2D eigenvalue weighted by molar-refractivity contribution is -0.113. The molecular weight excluding hydrogens is 444 g/mol. The van der Waals surface area contributed by atoms with Crippen LogP contribution in [-0.2, 0) is 11.3 Å². The van der Waals surface area contributed by atoms with E-state index in [1.807, 2.05) is 13.0 Å². The Morgan fingerprint density at radius 1 is 1.15 bits per heavy atom. The number of nitrogens with one attached hydrogen (secondary N) is 2. The molecule has 0 radical (unpaired) electrons. The number of nitrogens with zero attached hydrogens (tertiary/aromatic N) is 2. The van der Waals surface area contributed by atoms with Crippen LogP contribution in [0.5, 0.6) is 17.2 Å². The number of anilines is 1. The molecule has 2 N–H and O–H groups in total. The fraction of sp³-hybridized carbons (Fsp3) is 0.435. The van der Waals surface area contributed by atoms with Gasteiger partial charge in [0, 0.05) is 30.1 Å². The molecule has 10 heteroatoms. The van der Waals surface area contributed by atoms with Gasteiger partial charge in [0.15, 0.2) is 16.7 Å². The van der Waals surface area contributed by atoms with Crippen molar-refractivity contribution in [3.05, 3.63) is 34.2 Å². The molecule has 3 rings (SSSR count). The third-order valence-corrected chi connectivity index (χ3v) is 6.02. The fourth-order valence-corrected chi connectivity index (χ4v) is 4.21. The molecule has 2 aromatic heterocycles. The Labute approximate surface area is 196 Å². The number of rotatable bonds is 10. The molecular formula is C23H30N4O5S. The first-order valence-corrected chi connectivity index (χ1v) is 11.6. The highest BCUT2D eigenvalue weighted by Crippen LogP contribution is 2.40. The van der Waals surface area contributed by atoms with Crippen molar-refractivity contribution < 1.29 is 19.0 Å². The number of amides is 1. The molecule has 0 saturated heterocycles. The predicted octanol–water partition coefficient (Wildman–Crippen LogP) is 3.84. The summed E-state index contributed by atoms with van der Waals surface area (Å²) in [5, 5.41) is 3.36. The number of aromatic nitrogens is 3. The van der Waals surface area contributed by atoms with Gasteiger partial charge in [-0.05, 0) is 25.3 Å². The molecule has 0 aliphatic heterocycles. The third kappa shape index (κ3) is 5.62. The number of benzene rings is 1. The van der Waals surface area contributed by atoms with Crippen LogP contribution < -0.4 is 25.1 Å². The van der Waals surface area contributed by atoms with E-state index in [1.54, 1.807) is 16.7 Å². The van der Waals surface area contributed by atoms with Crippen molar-refractivity contribution in [3.8, 4) is 17.2 Å². The van der Waals surface area contributed by atoms with Gasteiger partial charge in [0.1, 0.15) is 5.52 Å². The number of carbonyl (C=O) groups is 1. The molecule has 0 spiro atoms. The molecule has 0 unspecified atom stereocenters. The second-order valence-electron chi connectivity index (χ2n) is 8.00. The Bertz CT molecular complexity index is 1180. The van der Waals surface area contributed by atoms with E-state index >= 15 is 0 Å². The topological polar surface area (TPSA) is 107 Å². The fourth-order valence-electron chi connectivity index (χ4n) is 3.39. The Balaban J connectivity index is 1.81. The van der Waals surface area contributed by atoms with Gasteiger partial charge < -0.3 is 24.5 Å². The van der Waals surface area contributed by atoms with Crippen LogP contribution in [0.15, 0.2) is 28.2 Å². The summed E-state index contributed by atoms with van der Waals surface area (Å²) in [5.74, 6) is 1.60. The Morgan fingerprint density at radius 3 is 2.39 bits per heavy atom. The number of aromatic amines is 1. The molecule has 2 heterocycles. The van der Waals surface area contributed by atoms with Crippen molar-refractivity contribution in [1.82, 2.24) is 14.5 Å². The monoisotopic (exact) mass is 474 g/mol. The van der Waals surface area contributed by atoms with E-state index in [4.69, 9.17) is 14.2 Å². The molecule has 1 amide bonds. The SMILES string of the molecule is COc1cc(NC(=O)CSc2nc3cc(C)[nH]c3c(=O)n2CCC(C)C)cc(OC)c1OC. The van der Waals surface area contributed by atoms with E-state index in [9.17, 15) is 9.59 Å². The minimum atomic E-state index is -0.246. The minimum Gasteiger partial charge on any atom is -0.493 e. The summed E-state index contributed by atoms with van der Waals surface area (Å²) in [6, 6.07) is 5.16. The molecule has 1 aromatic carbocycles. The number of fused-ring (bicyclic) bond motifs is 1. The third-order valence-electron chi connectivity index (χ3n) is 5.05. The Morgan fingerprint density at radius 2 is 1.82 bits per heavy atom. The maximum atomic E-state index is 13.1. The largest absolute Gasteiger partial charge is 0.493 e. The Kier molecular flexibility index (Phi) is 7.91. The summed E-state index contributed by atoms with van der Waals surface area (Å²) < 4.78 is 17.6. The maximum Gasteiger partial charge on any atom is 0.278 e. The number of methoxy groups -OCH3 is 3. The first kappa shape index (κ1) is 24.5.